The lowest BCUT2D eigenvalue weighted by Gasteiger charge is -2.40. The van der Waals surface area contributed by atoms with Crippen LogP contribution in [-0.4, -0.2) is 65.0 Å². The van der Waals surface area contributed by atoms with Gasteiger partial charge in [0.2, 0.25) is 5.82 Å². The molecule has 0 radical (unpaired) electrons. The Morgan fingerprint density at radius 3 is 2.51 bits per heavy atom. The first-order chi connectivity index (χ1) is 22.0. The summed E-state index contributed by atoms with van der Waals surface area (Å²) in [5.41, 5.74) is 11.5. The summed E-state index contributed by atoms with van der Waals surface area (Å²) in [5.74, 6) is 1.54. The van der Waals surface area contributed by atoms with E-state index >= 15 is 0 Å². The Morgan fingerprint density at radius 1 is 0.911 bits per heavy atom. The Hall–Kier alpha value is -5.80. The Labute approximate surface area is 258 Å². The lowest BCUT2D eigenvalue weighted by atomic mass is 10.1. The predicted octanol–water partition coefficient (Wildman–Crippen LogP) is 4.64. The molecule has 0 bridgehead atoms. The first kappa shape index (κ1) is 28.0. The molecule has 0 unspecified atom stereocenters. The molecule has 1 aliphatic rings. The van der Waals surface area contributed by atoms with E-state index in [0.717, 1.165) is 37.7 Å². The maximum atomic E-state index is 13.6. The zero-order chi connectivity index (χ0) is 30.9. The van der Waals surface area contributed by atoms with Gasteiger partial charge in [0.05, 0.1) is 23.1 Å². The minimum Gasteiger partial charge on any atom is -0.383 e. The second-order valence-corrected chi connectivity index (χ2v) is 10.9. The Kier molecular flexibility index (Phi) is 7.28. The molecule has 0 spiro atoms. The van der Waals surface area contributed by atoms with Gasteiger partial charge < -0.3 is 10.6 Å². The summed E-state index contributed by atoms with van der Waals surface area (Å²) in [6.07, 6.45) is 4.46. The van der Waals surface area contributed by atoms with Gasteiger partial charge in [-0.15, -0.1) is 0 Å². The van der Waals surface area contributed by atoms with E-state index in [9.17, 15) is 9.65 Å². The highest BCUT2D eigenvalue weighted by Crippen LogP contribution is 2.32. The summed E-state index contributed by atoms with van der Waals surface area (Å²) < 4.78 is 15.5. The van der Waals surface area contributed by atoms with E-state index in [1.165, 1.54) is 17.8 Å². The minimum absolute atomic E-state index is 0.182. The van der Waals surface area contributed by atoms with Gasteiger partial charge in [0.1, 0.15) is 29.0 Å². The number of hydrogen-bond acceptors (Lipinski definition) is 10. The molecule has 0 aliphatic carbocycles. The van der Waals surface area contributed by atoms with Crippen molar-refractivity contribution < 1.29 is 4.39 Å². The van der Waals surface area contributed by atoms with Crippen molar-refractivity contribution in [1.29, 1.82) is 5.26 Å². The van der Waals surface area contributed by atoms with Crippen LogP contribution in [0.5, 0.6) is 0 Å². The van der Waals surface area contributed by atoms with Crippen molar-refractivity contribution in [3.05, 3.63) is 103 Å². The summed E-state index contributed by atoms with van der Waals surface area (Å²) >= 11 is 0. The number of fused-ring (bicyclic) bond motifs is 1. The Morgan fingerprint density at radius 2 is 1.76 bits per heavy atom. The zero-order valence-electron chi connectivity index (χ0n) is 24.4. The van der Waals surface area contributed by atoms with E-state index in [2.05, 4.69) is 60.9 Å². The van der Waals surface area contributed by atoms with Crippen LogP contribution >= 0.6 is 0 Å². The third-order valence-corrected chi connectivity index (χ3v) is 7.98. The molecular formula is C33H28FN11. The molecule has 45 heavy (non-hydrogen) atoms. The predicted molar refractivity (Wildman–Crippen MR) is 169 cm³/mol. The fourth-order valence-electron chi connectivity index (χ4n) is 5.66. The van der Waals surface area contributed by atoms with E-state index < -0.39 is 5.82 Å². The number of nitrogens with two attached hydrogens (primary N) is 1. The molecule has 2 N–H and O–H groups in total. The average Bonchev–Trinajstić information content (AvgIpc) is 3.45. The van der Waals surface area contributed by atoms with Crippen molar-refractivity contribution in [2.24, 2.45) is 0 Å². The van der Waals surface area contributed by atoms with Crippen molar-refractivity contribution in [1.82, 2.24) is 39.4 Å². The van der Waals surface area contributed by atoms with Crippen LogP contribution in [0.15, 0.2) is 85.3 Å². The molecule has 222 valence electrons. The summed E-state index contributed by atoms with van der Waals surface area (Å²) in [6, 6.07) is 22.9. The molecule has 1 aromatic carbocycles. The maximum absolute atomic E-state index is 13.6. The van der Waals surface area contributed by atoms with Crippen molar-refractivity contribution in [3.63, 3.8) is 0 Å². The highest BCUT2D eigenvalue weighted by Gasteiger charge is 2.25. The summed E-state index contributed by atoms with van der Waals surface area (Å²) in [6.45, 7) is 5.45. The monoisotopic (exact) mass is 597 g/mol. The molecule has 1 atom stereocenters. The van der Waals surface area contributed by atoms with Gasteiger partial charge in [-0.3, -0.25) is 14.5 Å². The van der Waals surface area contributed by atoms with E-state index in [-0.39, 0.29) is 11.9 Å². The average molecular weight is 598 g/mol. The fourth-order valence-corrected chi connectivity index (χ4v) is 5.66. The third-order valence-electron chi connectivity index (χ3n) is 7.98. The summed E-state index contributed by atoms with van der Waals surface area (Å²) in [5, 5.41) is 9.17. The van der Waals surface area contributed by atoms with Gasteiger partial charge in [-0.1, -0.05) is 12.1 Å². The fraction of sp³-hybridized carbons (Fsp3) is 0.182. The lowest BCUT2D eigenvalue weighted by molar-refractivity contribution is 0.180. The van der Waals surface area contributed by atoms with E-state index in [0.29, 0.717) is 39.8 Å². The molecule has 0 amide bonds. The van der Waals surface area contributed by atoms with Crippen molar-refractivity contribution in [2.75, 3.05) is 30.3 Å². The van der Waals surface area contributed by atoms with Crippen LogP contribution in [0.25, 0.3) is 39.6 Å². The van der Waals surface area contributed by atoms with E-state index in [4.69, 9.17) is 15.7 Å². The molecule has 11 nitrogen and oxygen atoms in total. The van der Waals surface area contributed by atoms with Gasteiger partial charge in [0.25, 0.3) is 0 Å². The summed E-state index contributed by atoms with van der Waals surface area (Å²) in [4.78, 5) is 31.3. The number of nitrogens with zero attached hydrogens (tertiary/aromatic N) is 10. The largest absolute Gasteiger partial charge is 0.383 e. The van der Waals surface area contributed by atoms with Crippen LogP contribution in [0.2, 0.25) is 0 Å². The van der Waals surface area contributed by atoms with Gasteiger partial charge in [-0.25, -0.2) is 29.3 Å². The first-order valence-corrected chi connectivity index (χ1v) is 14.5. The van der Waals surface area contributed by atoms with Gasteiger partial charge in [-0.05, 0) is 67.1 Å². The van der Waals surface area contributed by atoms with Gasteiger partial charge in [0.15, 0.2) is 11.5 Å². The van der Waals surface area contributed by atoms with Gasteiger partial charge >= 0.3 is 0 Å². The molecule has 0 saturated carbocycles. The van der Waals surface area contributed by atoms with E-state index in [1.54, 1.807) is 18.5 Å². The van der Waals surface area contributed by atoms with Gasteiger partial charge in [0, 0.05) is 50.3 Å². The van der Waals surface area contributed by atoms with Crippen LogP contribution in [0.4, 0.5) is 16.0 Å². The molecule has 1 aliphatic heterocycles. The van der Waals surface area contributed by atoms with Gasteiger partial charge in [-0.2, -0.15) is 5.26 Å². The topological polar surface area (TPSA) is 139 Å². The molecule has 12 heteroatoms. The molecular weight excluding hydrogens is 569 g/mol. The molecule has 1 saturated heterocycles. The lowest BCUT2D eigenvalue weighted by Crippen LogP contribution is -2.51. The zero-order valence-corrected chi connectivity index (χ0v) is 24.4. The van der Waals surface area contributed by atoms with E-state index in [1.807, 2.05) is 41.0 Å². The molecule has 6 aromatic rings. The van der Waals surface area contributed by atoms with Crippen LogP contribution < -0.4 is 10.6 Å². The number of pyridine rings is 3. The number of nitriles is 1. The number of benzene rings is 1. The first-order valence-electron chi connectivity index (χ1n) is 14.5. The van der Waals surface area contributed by atoms with Crippen molar-refractivity contribution in [2.45, 2.75) is 19.5 Å². The molecule has 7 rings (SSSR count). The Balaban J connectivity index is 1.18. The number of imidazole rings is 1. The van der Waals surface area contributed by atoms with Crippen LogP contribution in [-0.2, 0) is 6.54 Å². The second kappa shape index (κ2) is 11.7. The second-order valence-electron chi connectivity index (χ2n) is 10.9. The number of piperazine rings is 1. The number of rotatable bonds is 6. The summed E-state index contributed by atoms with van der Waals surface area (Å²) in [7, 11) is 0. The highest BCUT2D eigenvalue weighted by atomic mass is 19.1. The van der Waals surface area contributed by atoms with Crippen molar-refractivity contribution >= 4 is 22.8 Å². The molecule has 5 aromatic heterocycles. The SMILES string of the molecule is C[C@H]1CN(c2ccnc(C#N)n2)CCN1Cc1ccc(-n2c(-c3cccnc3N)nc3ccc(-c4ccc(F)cn4)nc32)cc1. The molecule has 1 fully saturated rings. The smallest absolute Gasteiger partial charge is 0.234 e. The van der Waals surface area contributed by atoms with Crippen molar-refractivity contribution in [3.8, 4) is 34.5 Å². The number of anilines is 2. The quantitative estimate of drug-likeness (QED) is 0.289. The Bertz CT molecular complexity index is 2030. The number of hydrogen-bond donors (Lipinski definition) is 1. The third kappa shape index (κ3) is 5.52. The van der Waals surface area contributed by atoms with Crippen LogP contribution in [0, 0.1) is 17.1 Å². The number of halogens is 1. The van der Waals surface area contributed by atoms with Crippen LogP contribution in [0.1, 0.15) is 18.3 Å². The highest BCUT2D eigenvalue weighted by molar-refractivity contribution is 5.84. The maximum Gasteiger partial charge on any atom is 0.234 e. The minimum atomic E-state index is -0.407. The number of nitrogen functional groups attached to an aromatic ring is 1. The molecule has 6 heterocycles. The standard InChI is InChI=1S/C33H28FN11/c1-21-19-44(30-12-14-37-29(17-35)42-30)16-15-43(21)20-22-4-7-24(8-5-22)45-32(25-3-2-13-38-31(25)36)41-28-11-10-27(40-33(28)45)26-9-6-23(34)18-39-26/h2-14,18,21H,15-16,19-20H2,1H3,(H2,36,38)/t21-/m0/s1. The number of aromatic nitrogens is 7. The van der Waals surface area contributed by atoms with Crippen LogP contribution in [0.3, 0.4) is 0 Å². The normalized spacial score (nSPS) is 15.3.